The summed E-state index contributed by atoms with van der Waals surface area (Å²) in [5.41, 5.74) is 3.39. The van der Waals surface area contributed by atoms with Crippen molar-refractivity contribution < 1.29 is 9.47 Å². The van der Waals surface area contributed by atoms with Gasteiger partial charge in [-0.25, -0.2) is 9.97 Å². The smallest absolute Gasteiger partial charge is 0.129 e. The van der Waals surface area contributed by atoms with Crippen LogP contribution in [0.5, 0.6) is 5.75 Å². The molecule has 0 atom stereocenters. The van der Waals surface area contributed by atoms with Crippen molar-refractivity contribution in [3.05, 3.63) is 48.4 Å². The number of hydrogen-bond acceptors (Lipinski definition) is 5. The summed E-state index contributed by atoms with van der Waals surface area (Å²) in [6, 6.07) is 12.8. The summed E-state index contributed by atoms with van der Waals surface area (Å²) in [4.78, 5) is 11.8. The summed E-state index contributed by atoms with van der Waals surface area (Å²) in [5.74, 6) is 1.76. The second kappa shape index (κ2) is 9.23. The Kier molecular flexibility index (Phi) is 6.25. The predicted molar refractivity (Wildman–Crippen MR) is 118 cm³/mol. The maximum absolute atomic E-state index is 5.49. The van der Waals surface area contributed by atoms with E-state index in [0.29, 0.717) is 0 Å². The van der Waals surface area contributed by atoms with Crippen LogP contribution in [0.25, 0.3) is 22.0 Å². The summed E-state index contributed by atoms with van der Waals surface area (Å²) in [7, 11) is 3.45. The van der Waals surface area contributed by atoms with E-state index in [0.717, 1.165) is 55.4 Å². The van der Waals surface area contributed by atoms with Crippen LogP contribution in [0.2, 0.25) is 0 Å². The van der Waals surface area contributed by atoms with Crippen LogP contribution in [-0.4, -0.2) is 43.9 Å². The Bertz CT molecular complexity index is 967. The van der Waals surface area contributed by atoms with Crippen LogP contribution in [0, 0.1) is 0 Å². The van der Waals surface area contributed by atoms with E-state index in [1.807, 2.05) is 18.3 Å². The zero-order valence-corrected chi connectivity index (χ0v) is 17.4. The Balaban J connectivity index is 1.76. The van der Waals surface area contributed by atoms with Gasteiger partial charge in [-0.1, -0.05) is 6.07 Å². The number of benzene rings is 2. The number of hydrogen-bond donors (Lipinski definition) is 0. The average Bonchev–Trinajstić information content (AvgIpc) is 2.79. The minimum atomic E-state index is 0.727. The Labute approximate surface area is 172 Å². The van der Waals surface area contributed by atoms with Crippen molar-refractivity contribution in [3.8, 4) is 17.0 Å². The van der Waals surface area contributed by atoms with Crippen LogP contribution in [0.3, 0.4) is 0 Å². The lowest BCUT2D eigenvalue weighted by molar-refractivity contribution is 0.194. The molecule has 29 heavy (non-hydrogen) atoms. The Morgan fingerprint density at radius 2 is 1.86 bits per heavy atom. The molecule has 0 N–H and O–H groups in total. The van der Waals surface area contributed by atoms with Gasteiger partial charge < -0.3 is 14.4 Å². The van der Waals surface area contributed by atoms with Crippen LogP contribution in [0.1, 0.15) is 31.5 Å². The molecule has 2 heterocycles. The third-order valence-electron chi connectivity index (χ3n) is 5.59. The van der Waals surface area contributed by atoms with Crippen LogP contribution in [0.15, 0.2) is 42.6 Å². The third kappa shape index (κ3) is 4.51. The van der Waals surface area contributed by atoms with Gasteiger partial charge in [0.25, 0.3) is 0 Å². The highest BCUT2D eigenvalue weighted by atomic mass is 16.5. The second-order valence-electron chi connectivity index (χ2n) is 7.58. The number of ether oxygens (including phenoxy) is 2. The fourth-order valence-electron chi connectivity index (χ4n) is 4.04. The molecule has 1 aliphatic heterocycles. The summed E-state index contributed by atoms with van der Waals surface area (Å²) < 4.78 is 10.6. The fourth-order valence-corrected chi connectivity index (χ4v) is 4.04. The molecule has 0 radical (unpaired) electrons. The number of methoxy groups -OCH3 is 2. The molecule has 1 saturated heterocycles. The van der Waals surface area contributed by atoms with Gasteiger partial charge in [-0.15, -0.1) is 0 Å². The molecule has 2 aromatic carbocycles. The number of rotatable bonds is 7. The van der Waals surface area contributed by atoms with E-state index in [1.165, 1.54) is 35.7 Å². The summed E-state index contributed by atoms with van der Waals surface area (Å²) >= 11 is 0. The summed E-state index contributed by atoms with van der Waals surface area (Å²) in [6.07, 6.45) is 7.42. The number of nitrogens with zero attached hydrogens (tertiary/aromatic N) is 3. The highest BCUT2D eigenvalue weighted by molar-refractivity contribution is 5.98. The largest absolute Gasteiger partial charge is 0.497 e. The topological polar surface area (TPSA) is 47.5 Å². The monoisotopic (exact) mass is 391 g/mol. The highest BCUT2D eigenvalue weighted by Crippen LogP contribution is 2.36. The molecule has 4 rings (SSSR count). The van der Waals surface area contributed by atoms with E-state index in [9.17, 15) is 0 Å². The first-order valence-electron chi connectivity index (χ1n) is 10.5. The Hall–Kier alpha value is -2.66. The molecule has 1 aromatic heterocycles. The molecule has 0 aliphatic carbocycles. The van der Waals surface area contributed by atoms with E-state index in [1.54, 1.807) is 14.2 Å². The van der Waals surface area contributed by atoms with Gasteiger partial charge in [-0.05, 0) is 61.4 Å². The van der Waals surface area contributed by atoms with Crippen molar-refractivity contribution in [1.29, 1.82) is 0 Å². The lowest BCUT2D eigenvalue weighted by Gasteiger charge is -2.30. The van der Waals surface area contributed by atoms with Gasteiger partial charge in [0.1, 0.15) is 11.6 Å². The molecule has 1 aliphatic rings. The molecular formula is C24H29N3O2. The minimum absolute atomic E-state index is 0.727. The maximum atomic E-state index is 5.49. The molecule has 0 unspecified atom stereocenters. The number of aryl methyl sites for hydroxylation is 1. The number of piperidine rings is 1. The standard InChI is InChI=1S/C24H29N3O2/c1-28-14-6-7-24-25-11-10-22(26-24)19-15-18-8-9-20(29-2)17-21(18)23(16-19)27-12-4-3-5-13-27/h8-11,15-17H,3-7,12-14H2,1-2H3. The first kappa shape index (κ1) is 19.6. The van der Waals surface area contributed by atoms with Crippen LogP contribution < -0.4 is 9.64 Å². The summed E-state index contributed by atoms with van der Waals surface area (Å²) in [5, 5.41) is 2.45. The van der Waals surface area contributed by atoms with Gasteiger partial charge in [-0.2, -0.15) is 0 Å². The quantitative estimate of drug-likeness (QED) is 0.538. The molecule has 3 aromatic rings. The number of fused-ring (bicyclic) bond motifs is 1. The maximum Gasteiger partial charge on any atom is 0.129 e. The molecule has 5 heteroatoms. The summed E-state index contributed by atoms with van der Waals surface area (Å²) in [6.45, 7) is 2.92. The fraction of sp³-hybridized carbons (Fsp3) is 0.417. The van der Waals surface area contributed by atoms with Crippen molar-refractivity contribution in [1.82, 2.24) is 9.97 Å². The first-order valence-corrected chi connectivity index (χ1v) is 10.5. The van der Waals surface area contributed by atoms with Gasteiger partial charge >= 0.3 is 0 Å². The van der Waals surface area contributed by atoms with E-state index in [-0.39, 0.29) is 0 Å². The lowest BCUT2D eigenvalue weighted by Crippen LogP contribution is -2.29. The molecule has 5 nitrogen and oxygen atoms in total. The van der Waals surface area contributed by atoms with Crippen LogP contribution in [0.4, 0.5) is 5.69 Å². The van der Waals surface area contributed by atoms with E-state index >= 15 is 0 Å². The minimum Gasteiger partial charge on any atom is -0.497 e. The average molecular weight is 392 g/mol. The normalized spacial score (nSPS) is 14.3. The molecule has 0 spiro atoms. The van der Waals surface area contributed by atoms with Crippen molar-refractivity contribution in [2.75, 3.05) is 38.8 Å². The van der Waals surface area contributed by atoms with Crippen molar-refractivity contribution >= 4 is 16.5 Å². The molecule has 0 bridgehead atoms. The lowest BCUT2D eigenvalue weighted by atomic mass is 10.00. The van der Waals surface area contributed by atoms with E-state index in [4.69, 9.17) is 14.5 Å². The number of aromatic nitrogens is 2. The zero-order chi connectivity index (χ0) is 20.1. The van der Waals surface area contributed by atoms with Gasteiger partial charge in [-0.3, -0.25) is 0 Å². The zero-order valence-electron chi connectivity index (χ0n) is 17.4. The third-order valence-corrected chi connectivity index (χ3v) is 5.59. The molecular weight excluding hydrogens is 362 g/mol. The second-order valence-corrected chi connectivity index (χ2v) is 7.58. The molecule has 1 fully saturated rings. The van der Waals surface area contributed by atoms with Crippen molar-refractivity contribution in [2.45, 2.75) is 32.1 Å². The molecule has 0 amide bonds. The molecule has 0 saturated carbocycles. The van der Waals surface area contributed by atoms with Gasteiger partial charge in [0.15, 0.2) is 0 Å². The SMILES string of the molecule is COCCCc1nccc(-c2cc(N3CCCCC3)c3cc(OC)ccc3c2)n1. The van der Waals surface area contributed by atoms with E-state index < -0.39 is 0 Å². The first-order chi connectivity index (χ1) is 14.3. The highest BCUT2D eigenvalue weighted by Gasteiger charge is 2.16. The van der Waals surface area contributed by atoms with Crippen molar-refractivity contribution in [3.63, 3.8) is 0 Å². The number of anilines is 1. The predicted octanol–water partition coefficient (Wildman–Crippen LogP) is 4.87. The van der Waals surface area contributed by atoms with Gasteiger partial charge in [0, 0.05) is 56.1 Å². The van der Waals surface area contributed by atoms with Crippen LogP contribution in [-0.2, 0) is 11.2 Å². The molecule has 152 valence electrons. The Morgan fingerprint density at radius 3 is 2.66 bits per heavy atom. The van der Waals surface area contributed by atoms with E-state index in [2.05, 4.69) is 34.1 Å². The van der Waals surface area contributed by atoms with Crippen molar-refractivity contribution in [2.24, 2.45) is 0 Å². The van der Waals surface area contributed by atoms with Gasteiger partial charge in [0.05, 0.1) is 12.8 Å². The van der Waals surface area contributed by atoms with Gasteiger partial charge in [0.2, 0.25) is 0 Å². The van der Waals surface area contributed by atoms with Crippen LogP contribution >= 0.6 is 0 Å². The Morgan fingerprint density at radius 1 is 1.00 bits per heavy atom.